The van der Waals surface area contributed by atoms with E-state index in [9.17, 15) is 9.18 Å². The number of carbonyl (C=O) groups is 1. The maximum absolute atomic E-state index is 15.7. The summed E-state index contributed by atoms with van der Waals surface area (Å²) in [6.07, 6.45) is 2.08. The number of halogens is 3. The molecule has 0 radical (unpaired) electrons. The van der Waals surface area contributed by atoms with Gasteiger partial charge in [-0.3, -0.25) is 0 Å². The van der Waals surface area contributed by atoms with E-state index in [2.05, 4.69) is 10.3 Å². The predicted molar refractivity (Wildman–Crippen MR) is 162 cm³/mol. The van der Waals surface area contributed by atoms with Crippen molar-refractivity contribution in [3.8, 4) is 23.2 Å². The normalized spacial score (nSPS) is 18.3. The Bertz CT molecular complexity index is 2040. The molecular weight excluding hydrogens is 595 g/mol. The van der Waals surface area contributed by atoms with Gasteiger partial charge in [-0.1, -0.05) is 12.1 Å². The molecule has 1 N–H and O–H groups in total. The second kappa shape index (κ2) is 11.6. The average molecular weight is 624 g/mol. The molecule has 3 aliphatic rings. The summed E-state index contributed by atoms with van der Waals surface area (Å²) in [5.41, 5.74) is 2.29. The van der Waals surface area contributed by atoms with Crippen molar-refractivity contribution in [2.45, 2.75) is 38.0 Å². The highest BCUT2D eigenvalue weighted by Gasteiger charge is 2.50. The SMILES string of the molecule is COC(=O)c1ccc2nc(Cc3cc(F)c(-c4cccc(OCc5ccc(C#N)cc5F)n4)cc3F)n(CC34CC(CN3)C4)c2c1. The van der Waals surface area contributed by atoms with Gasteiger partial charge in [0.15, 0.2) is 0 Å². The van der Waals surface area contributed by atoms with Gasteiger partial charge >= 0.3 is 5.97 Å². The molecule has 11 heteroatoms. The molecule has 8 nitrogen and oxygen atoms in total. The smallest absolute Gasteiger partial charge is 0.337 e. The highest BCUT2D eigenvalue weighted by atomic mass is 19.1. The van der Waals surface area contributed by atoms with Crippen molar-refractivity contribution in [3.05, 3.63) is 112 Å². The van der Waals surface area contributed by atoms with E-state index >= 15 is 8.78 Å². The van der Waals surface area contributed by atoms with E-state index in [1.54, 1.807) is 24.3 Å². The largest absolute Gasteiger partial charge is 0.473 e. The molecule has 1 aliphatic carbocycles. The Labute approximate surface area is 262 Å². The van der Waals surface area contributed by atoms with Crippen molar-refractivity contribution in [2.24, 2.45) is 5.92 Å². The first-order valence-corrected chi connectivity index (χ1v) is 14.8. The zero-order chi connectivity index (χ0) is 32.0. The number of hydrogen-bond acceptors (Lipinski definition) is 7. The van der Waals surface area contributed by atoms with Crippen LogP contribution in [0.1, 0.15) is 45.7 Å². The number of esters is 1. The van der Waals surface area contributed by atoms with Crippen molar-refractivity contribution in [1.29, 1.82) is 5.26 Å². The number of imidazole rings is 1. The second-order valence-corrected chi connectivity index (χ2v) is 11.9. The number of hydrogen-bond donors (Lipinski definition) is 1. The van der Waals surface area contributed by atoms with E-state index in [1.807, 2.05) is 10.6 Å². The van der Waals surface area contributed by atoms with Crippen LogP contribution < -0.4 is 10.1 Å². The molecule has 0 unspecified atom stereocenters. The maximum Gasteiger partial charge on any atom is 0.337 e. The van der Waals surface area contributed by atoms with Crippen molar-refractivity contribution in [2.75, 3.05) is 13.7 Å². The van der Waals surface area contributed by atoms with Gasteiger partial charge in [0.1, 0.15) is 29.9 Å². The van der Waals surface area contributed by atoms with Crippen LogP contribution >= 0.6 is 0 Å². The number of fused-ring (bicyclic) bond motifs is 2. The van der Waals surface area contributed by atoms with Gasteiger partial charge in [0.2, 0.25) is 5.88 Å². The molecule has 46 heavy (non-hydrogen) atoms. The summed E-state index contributed by atoms with van der Waals surface area (Å²) in [6.45, 7) is 1.37. The van der Waals surface area contributed by atoms with Crippen molar-refractivity contribution in [1.82, 2.24) is 19.9 Å². The molecule has 8 rings (SSSR count). The summed E-state index contributed by atoms with van der Waals surface area (Å²) in [5.74, 6) is -1.07. The number of ether oxygens (including phenoxy) is 2. The van der Waals surface area contributed by atoms with Crippen molar-refractivity contribution in [3.63, 3.8) is 0 Å². The van der Waals surface area contributed by atoms with Crippen molar-refractivity contribution < 1.29 is 27.4 Å². The Balaban J connectivity index is 1.16. The van der Waals surface area contributed by atoms with E-state index < -0.39 is 23.4 Å². The number of rotatable bonds is 9. The number of nitrogens with one attached hydrogen (secondary N) is 1. The van der Waals surface area contributed by atoms with Gasteiger partial charge in [-0.15, -0.1) is 0 Å². The molecule has 2 aromatic heterocycles. The minimum absolute atomic E-state index is 0.0253. The minimum atomic E-state index is -0.673. The third-order valence-corrected chi connectivity index (χ3v) is 8.88. The fraction of sp³-hybridized carbons (Fsp3) is 0.257. The molecular formula is C35H28F3N5O3. The molecule has 0 atom stereocenters. The van der Waals surface area contributed by atoms with Gasteiger partial charge in [-0.25, -0.2) is 27.9 Å². The van der Waals surface area contributed by atoms with Gasteiger partial charge in [-0.2, -0.15) is 5.26 Å². The molecule has 2 aliphatic heterocycles. The summed E-state index contributed by atoms with van der Waals surface area (Å²) in [7, 11) is 1.32. The van der Waals surface area contributed by atoms with Gasteiger partial charge in [-0.05, 0) is 79.4 Å². The summed E-state index contributed by atoms with van der Waals surface area (Å²) in [5, 5.41) is 12.5. The number of nitriles is 1. The third kappa shape index (κ3) is 5.45. The number of methoxy groups -OCH3 is 1. The van der Waals surface area contributed by atoms with E-state index in [4.69, 9.17) is 19.7 Å². The fourth-order valence-corrected chi connectivity index (χ4v) is 6.53. The molecule has 0 spiro atoms. The highest BCUT2D eigenvalue weighted by Crippen LogP contribution is 2.45. The Morgan fingerprint density at radius 3 is 2.59 bits per heavy atom. The molecule has 2 saturated heterocycles. The lowest BCUT2D eigenvalue weighted by Crippen LogP contribution is -2.47. The van der Waals surface area contributed by atoms with E-state index in [1.165, 1.54) is 31.4 Å². The molecule has 232 valence electrons. The van der Waals surface area contributed by atoms with E-state index in [0.29, 0.717) is 29.4 Å². The fourth-order valence-electron chi connectivity index (χ4n) is 6.53. The van der Waals surface area contributed by atoms with Gasteiger partial charge in [0, 0.05) is 35.7 Å². The van der Waals surface area contributed by atoms with Gasteiger partial charge < -0.3 is 19.4 Å². The number of nitrogens with zero attached hydrogens (tertiary/aromatic N) is 4. The van der Waals surface area contributed by atoms with Gasteiger partial charge in [0.25, 0.3) is 0 Å². The Morgan fingerprint density at radius 1 is 1.02 bits per heavy atom. The highest BCUT2D eigenvalue weighted by molar-refractivity contribution is 5.93. The van der Waals surface area contributed by atoms with Crippen LogP contribution in [-0.4, -0.2) is 39.7 Å². The molecule has 5 aromatic rings. The van der Waals surface area contributed by atoms with E-state index in [-0.39, 0.29) is 52.4 Å². The average Bonchev–Trinajstić information content (AvgIpc) is 3.75. The molecule has 2 bridgehead atoms. The number of carbonyl (C=O) groups excluding carboxylic acids is 1. The Morgan fingerprint density at radius 2 is 1.85 bits per heavy atom. The maximum atomic E-state index is 15.7. The molecule has 4 heterocycles. The topological polar surface area (TPSA) is 102 Å². The third-order valence-electron chi connectivity index (χ3n) is 8.88. The first kappa shape index (κ1) is 29.5. The monoisotopic (exact) mass is 623 g/mol. The predicted octanol–water partition coefficient (Wildman–Crippen LogP) is 6.10. The number of pyridine rings is 1. The standard InChI is InChI=1S/C35H28F3N5O3/c1-45-34(44)22-7-8-30-31(11-22)43(19-35-14-21(15-35)17-40-35)32(41-30)12-24-10-28(38)25(13-27(24)37)29-3-2-4-33(42-29)46-18-23-6-5-20(16-39)9-26(23)36/h2-11,13,21,40H,12,14-15,17-19H2,1H3. The molecule has 0 amide bonds. The first-order valence-electron chi connectivity index (χ1n) is 14.8. The molecule has 3 fully saturated rings. The summed E-state index contributed by atoms with van der Waals surface area (Å²) in [4.78, 5) is 21.4. The van der Waals surface area contributed by atoms with Crippen LogP contribution in [0.25, 0.3) is 22.3 Å². The van der Waals surface area contributed by atoms with Crippen LogP contribution in [0.3, 0.4) is 0 Å². The van der Waals surface area contributed by atoms with Crippen LogP contribution in [0, 0.1) is 34.7 Å². The molecule has 3 aromatic carbocycles. The van der Waals surface area contributed by atoms with Crippen LogP contribution in [-0.2, 0) is 24.3 Å². The zero-order valence-electron chi connectivity index (χ0n) is 24.8. The first-order chi connectivity index (χ1) is 22.2. The van der Waals surface area contributed by atoms with Gasteiger partial charge in [0.05, 0.1) is 41.0 Å². The summed E-state index contributed by atoms with van der Waals surface area (Å²) in [6, 6.07) is 17.9. The van der Waals surface area contributed by atoms with Crippen LogP contribution in [0.5, 0.6) is 5.88 Å². The quantitative estimate of drug-likeness (QED) is 0.198. The summed E-state index contributed by atoms with van der Waals surface area (Å²) < 4.78 is 58.1. The summed E-state index contributed by atoms with van der Waals surface area (Å²) >= 11 is 0. The second-order valence-electron chi connectivity index (χ2n) is 11.9. The lowest BCUT2D eigenvalue weighted by atomic mass is 9.73. The Hall–Kier alpha value is -5.21. The lowest BCUT2D eigenvalue weighted by molar-refractivity contribution is 0.0601. The Kier molecular flexibility index (Phi) is 7.45. The van der Waals surface area contributed by atoms with Crippen LogP contribution in [0.2, 0.25) is 0 Å². The minimum Gasteiger partial charge on any atom is -0.473 e. The van der Waals surface area contributed by atoms with Crippen LogP contribution in [0.15, 0.2) is 66.7 Å². The zero-order valence-corrected chi connectivity index (χ0v) is 24.8. The number of benzene rings is 3. The van der Waals surface area contributed by atoms with E-state index in [0.717, 1.165) is 43.1 Å². The molecule has 1 saturated carbocycles. The number of aromatic nitrogens is 3. The lowest BCUT2D eigenvalue weighted by Gasteiger charge is -2.38. The van der Waals surface area contributed by atoms with Crippen LogP contribution in [0.4, 0.5) is 13.2 Å². The van der Waals surface area contributed by atoms with Crippen molar-refractivity contribution >= 4 is 17.0 Å².